The Bertz CT molecular complexity index is 802. The molecule has 1 heterocycles. The molecule has 7 heteroatoms. The van der Waals surface area contributed by atoms with Crippen molar-refractivity contribution < 1.29 is 27.1 Å². The van der Waals surface area contributed by atoms with Gasteiger partial charge < -0.3 is 9.64 Å². The molecule has 0 spiro atoms. The average Bonchev–Trinajstić information content (AvgIpc) is 2.60. The van der Waals surface area contributed by atoms with Gasteiger partial charge in [0.05, 0.1) is 23.4 Å². The van der Waals surface area contributed by atoms with Crippen LogP contribution in [0.2, 0.25) is 0 Å². The fourth-order valence-corrected chi connectivity index (χ4v) is 3.08. The standard InChI is InChI=1S/C19H17F4NO2/c1-12(25)18-15(20)3-2-4-16(18)24-9-10-26-17(11-24)13-5-7-14(8-6-13)19(21,22)23/h2-8,17H,9-11H2,1H3. The quantitative estimate of drug-likeness (QED) is 0.585. The van der Waals surface area contributed by atoms with Crippen molar-refractivity contribution >= 4 is 11.5 Å². The van der Waals surface area contributed by atoms with Crippen molar-refractivity contribution in [2.45, 2.75) is 19.2 Å². The van der Waals surface area contributed by atoms with Crippen LogP contribution in [0.5, 0.6) is 0 Å². The molecule has 0 saturated carbocycles. The Labute approximate surface area is 148 Å². The van der Waals surface area contributed by atoms with E-state index in [0.29, 0.717) is 30.9 Å². The molecule has 3 nitrogen and oxygen atoms in total. The van der Waals surface area contributed by atoms with Gasteiger partial charge in [-0.25, -0.2) is 4.39 Å². The second-order valence-corrected chi connectivity index (χ2v) is 6.12. The topological polar surface area (TPSA) is 29.5 Å². The lowest BCUT2D eigenvalue weighted by molar-refractivity contribution is -0.137. The molecule has 0 N–H and O–H groups in total. The van der Waals surface area contributed by atoms with Crippen molar-refractivity contribution in [2.24, 2.45) is 0 Å². The fraction of sp³-hybridized carbons (Fsp3) is 0.316. The molecule has 0 bridgehead atoms. The number of halogens is 4. The molecule has 3 rings (SSSR count). The normalized spacial score (nSPS) is 18.0. The summed E-state index contributed by atoms with van der Waals surface area (Å²) in [5.74, 6) is -0.969. The van der Waals surface area contributed by atoms with Crippen LogP contribution in [0.4, 0.5) is 23.2 Å². The molecule has 2 aromatic carbocycles. The van der Waals surface area contributed by atoms with E-state index in [9.17, 15) is 22.4 Å². The largest absolute Gasteiger partial charge is 0.416 e. The summed E-state index contributed by atoms with van der Waals surface area (Å²) in [6.45, 7) is 2.39. The van der Waals surface area contributed by atoms with Gasteiger partial charge in [-0.05, 0) is 36.8 Å². The van der Waals surface area contributed by atoms with Crippen LogP contribution in [-0.2, 0) is 10.9 Å². The van der Waals surface area contributed by atoms with Gasteiger partial charge in [-0.1, -0.05) is 18.2 Å². The Morgan fingerprint density at radius 3 is 2.46 bits per heavy atom. The highest BCUT2D eigenvalue weighted by molar-refractivity contribution is 6.00. The van der Waals surface area contributed by atoms with Gasteiger partial charge in [-0.15, -0.1) is 0 Å². The van der Waals surface area contributed by atoms with Crippen molar-refractivity contribution in [3.8, 4) is 0 Å². The zero-order valence-corrected chi connectivity index (χ0v) is 14.0. The minimum Gasteiger partial charge on any atom is -0.370 e. The smallest absolute Gasteiger partial charge is 0.370 e. The van der Waals surface area contributed by atoms with E-state index in [1.165, 1.54) is 31.2 Å². The first kappa shape index (κ1) is 18.4. The first-order chi connectivity index (χ1) is 12.3. The van der Waals surface area contributed by atoms with E-state index in [4.69, 9.17) is 4.74 Å². The second-order valence-electron chi connectivity index (χ2n) is 6.12. The molecule has 0 radical (unpaired) electrons. The maximum absolute atomic E-state index is 14.0. The number of ketones is 1. The summed E-state index contributed by atoms with van der Waals surface area (Å²) in [4.78, 5) is 13.6. The highest BCUT2D eigenvalue weighted by atomic mass is 19.4. The van der Waals surface area contributed by atoms with Crippen LogP contribution in [0.1, 0.15) is 34.5 Å². The number of Topliss-reactive ketones (excluding diaryl/α,β-unsaturated/α-hetero) is 1. The van der Waals surface area contributed by atoms with E-state index in [2.05, 4.69) is 0 Å². The number of carbonyl (C=O) groups excluding carboxylic acids is 1. The highest BCUT2D eigenvalue weighted by Gasteiger charge is 2.31. The summed E-state index contributed by atoms with van der Waals surface area (Å²) in [5, 5.41) is 0. The van der Waals surface area contributed by atoms with Gasteiger partial charge in [0, 0.05) is 13.1 Å². The Morgan fingerprint density at radius 2 is 1.85 bits per heavy atom. The molecule has 1 fully saturated rings. The third kappa shape index (κ3) is 3.72. The monoisotopic (exact) mass is 367 g/mol. The lowest BCUT2D eigenvalue weighted by atomic mass is 10.0. The van der Waals surface area contributed by atoms with Crippen LogP contribution in [-0.4, -0.2) is 25.5 Å². The van der Waals surface area contributed by atoms with Crippen LogP contribution in [0.25, 0.3) is 0 Å². The summed E-state index contributed by atoms with van der Waals surface area (Å²) in [6, 6.07) is 9.22. The Kier molecular flexibility index (Phi) is 5.00. The van der Waals surface area contributed by atoms with Crippen LogP contribution >= 0.6 is 0 Å². The number of hydrogen-bond donors (Lipinski definition) is 0. The zero-order valence-electron chi connectivity index (χ0n) is 14.0. The molecular weight excluding hydrogens is 350 g/mol. The Morgan fingerprint density at radius 1 is 1.15 bits per heavy atom. The van der Waals surface area contributed by atoms with E-state index in [1.54, 1.807) is 6.07 Å². The summed E-state index contributed by atoms with van der Waals surface area (Å²) < 4.78 is 57.8. The molecule has 2 aromatic rings. The number of alkyl halides is 3. The molecule has 26 heavy (non-hydrogen) atoms. The van der Waals surface area contributed by atoms with E-state index in [0.717, 1.165) is 12.1 Å². The molecular formula is C19H17F4NO2. The van der Waals surface area contributed by atoms with Gasteiger partial charge >= 0.3 is 6.18 Å². The third-order valence-corrected chi connectivity index (χ3v) is 4.36. The van der Waals surface area contributed by atoms with Crippen molar-refractivity contribution in [1.82, 2.24) is 0 Å². The number of benzene rings is 2. The number of anilines is 1. The van der Waals surface area contributed by atoms with Crippen molar-refractivity contribution in [2.75, 3.05) is 24.6 Å². The van der Waals surface area contributed by atoms with Gasteiger partial charge in [-0.3, -0.25) is 4.79 Å². The van der Waals surface area contributed by atoms with Gasteiger partial charge in [0.2, 0.25) is 0 Å². The van der Waals surface area contributed by atoms with E-state index >= 15 is 0 Å². The molecule has 0 amide bonds. The summed E-state index contributed by atoms with van der Waals surface area (Å²) in [6.07, 6.45) is -4.86. The number of hydrogen-bond acceptors (Lipinski definition) is 3. The van der Waals surface area contributed by atoms with Crippen molar-refractivity contribution in [1.29, 1.82) is 0 Å². The number of morpholine rings is 1. The van der Waals surface area contributed by atoms with Gasteiger partial charge in [0.15, 0.2) is 5.78 Å². The Balaban J connectivity index is 1.85. The first-order valence-electron chi connectivity index (χ1n) is 8.10. The van der Waals surface area contributed by atoms with Crippen LogP contribution in [0, 0.1) is 5.82 Å². The van der Waals surface area contributed by atoms with Crippen LogP contribution < -0.4 is 4.90 Å². The summed E-state index contributed by atoms with van der Waals surface area (Å²) in [5.41, 5.74) is 0.361. The zero-order chi connectivity index (χ0) is 18.9. The first-order valence-corrected chi connectivity index (χ1v) is 8.10. The molecule has 0 aliphatic carbocycles. The highest BCUT2D eigenvalue weighted by Crippen LogP contribution is 2.33. The molecule has 0 aromatic heterocycles. The van der Waals surface area contributed by atoms with Crippen LogP contribution in [0.3, 0.4) is 0 Å². The lowest BCUT2D eigenvalue weighted by Crippen LogP contribution is -2.39. The van der Waals surface area contributed by atoms with E-state index in [1.807, 2.05) is 4.90 Å². The molecule has 138 valence electrons. The molecule has 1 unspecified atom stereocenters. The molecule has 1 aliphatic heterocycles. The average molecular weight is 367 g/mol. The molecule has 1 atom stereocenters. The molecule has 1 aliphatic rings. The minimum absolute atomic E-state index is 0.0144. The number of nitrogens with zero attached hydrogens (tertiary/aromatic N) is 1. The lowest BCUT2D eigenvalue weighted by Gasteiger charge is -2.35. The third-order valence-electron chi connectivity index (χ3n) is 4.36. The van der Waals surface area contributed by atoms with Crippen molar-refractivity contribution in [3.63, 3.8) is 0 Å². The fourth-order valence-electron chi connectivity index (χ4n) is 3.08. The van der Waals surface area contributed by atoms with Crippen LogP contribution in [0.15, 0.2) is 42.5 Å². The van der Waals surface area contributed by atoms with E-state index < -0.39 is 23.7 Å². The predicted molar refractivity (Wildman–Crippen MR) is 88.8 cm³/mol. The molecule has 1 saturated heterocycles. The minimum atomic E-state index is -4.39. The summed E-state index contributed by atoms with van der Waals surface area (Å²) >= 11 is 0. The van der Waals surface area contributed by atoms with Gasteiger partial charge in [0.1, 0.15) is 11.9 Å². The van der Waals surface area contributed by atoms with E-state index in [-0.39, 0.29) is 11.3 Å². The summed E-state index contributed by atoms with van der Waals surface area (Å²) in [7, 11) is 0. The number of rotatable bonds is 3. The number of carbonyl (C=O) groups is 1. The maximum atomic E-state index is 14.0. The Hall–Kier alpha value is -2.41. The number of ether oxygens (including phenoxy) is 1. The predicted octanol–water partition coefficient (Wildman–Crippen LogP) is 4.63. The second kappa shape index (κ2) is 7.07. The van der Waals surface area contributed by atoms with Gasteiger partial charge in [-0.2, -0.15) is 13.2 Å². The van der Waals surface area contributed by atoms with Crippen molar-refractivity contribution in [3.05, 3.63) is 65.0 Å². The maximum Gasteiger partial charge on any atom is 0.416 e. The SMILES string of the molecule is CC(=O)c1c(F)cccc1N1CCOC(c2ccc(C(F)(F)F)cc2)C1. The van der Waals surface area contributed by atoms with Gasteiger partial charge in [0.25, 0.3) is 0 Å².